The Balaban J connectivity index is 2.35. The monoisotopic (exact) mass is 416 g/mol. The molecular formula is C23H32N2O5. The van der Waals surface area contributed by atoms with Crippen LogP contribution in [0.1, 0.15) is 37.2 Å². The van der Waals surface area contributed by atoms with Gasteiger partial charge in [-0.15, -0.1) is 0 Å². The molecule has 0 fully saturated rings. The maximum absolute atomic E-state index is 12.6. The molecule has 0 heterocycles. The minimum atomic E-state index is -0.493. The SMILES string of the molecule is C=CC(=O)NCCCCOCC(C(=O)OCCCCNC(=O)C=C)c1ccccc1. The highest BCUT2D eigenvalue weighted by Gasteiger charge is 2.22. The van der Waals surface area contributed by atoms with Crippen LogP contribution in [0.15, 0.2) is 55.6 Å². The van der Waals surface area contributed by atoms with Gasteiger partial charge in [0, 0.05) is 19.7 Å². The van der Waals surface area contributed by atoms with E-state index < -0.39 is 5.92 Å². The summed E-state index contributed by atoms with van der Waals surface area (Å²) in [4.78, 5) is 34.7. The summed E-state index contributed by atoms with van der Waals surface area (Å²) in [5, 5.41) is 5.39. The van der Waals surface area contributed by atoms with E-state index >= 15 is 0 Å². The van der Waals surface area contributed by atoms with E-state index in [2.05, 4.69) is 23.8 Å². The zero-order valence-corrected chi connectivity index (χ0v) is 17.4. The third-order valence-corrected chi connectivity index (χ3v) is 4.27. The zero-order valence-electron chi connectivity index (χ0n) is 17.4. The molecule has 7 heteroatoms. The van der Waals surface area contributed by atoms with Crippen LogP contribution >= 0.6 is 0 Å². The van der Waals surface area contributed by atoms with Gasteiger partial charge in [0.2, 0.25) is 11.8 Å². The minimum absolute atomic E-state index is 0.189. The highest BCUT2D eigenvalue weighted by molar-refractivity contribution is 5.87. The highest BCUT2D eigenvalue weighted by atomic mass is 16.5. The molecule has 0 aliphatic rings. The molecule has 0 spiro atoms. The average molecular weight is 417 g/mol. The Morgan fingerprint density at radius 2 is 1.43 bits per heavy atom. The lowest BCUT2D eigenvalue weighted by atomic mass is 10.0. The first kappa shape index (κ1) is 25.1. The molecule has 0 aromatic heterocycles. The number of nitrogens with one attached hydrogen (secondary N) is 2. The number of hydrogen-bond acceptors (Lipinski definition) is 5. The van der Waals surface area contributed by atoms with Crippen molar-refractivity contribution in [1.29, 1.82) is 0 Å². The topological polar surface area (TPSA) is 93.7 Å². The van der Waals surface area contributed by atoms with Crippen molar-refractivity contribution in [2.45, 2.75) is 31.6 Å². The van der Waals surface area contributed by atoms with E-state index in [1.54, 1.807) is 0 Å². The summed E-state index contributed by atoms with van der Waals surface area (Å²) in [5.74, 6) is -1.22. The summed E-state index contributed by atoms with van der Waals surface area (Å²) in [7, 11) is 0. The van der Waals surface area contributed by atoms with Crippen molar-refractivity contribution >= 4 is 17.8 Å². The van der Waals surface area contributed by atoms with Crippen molar-refractivity contribution in [1.82, 2.24) is 10.6 Å². The summed E-state index contributed by atoms with van der Waals surface area (Å²) in [5.41, 5.74) is 0.846. The first-order chi connectivity index (χ1) is 14.6. The molecule has 164 valence electrons. The first-order valence-electron chi connectivity index (χ1n) is 10.2. The number of benzene rings is 1. The molecule has 0 saturated heterocycles. The van der Waals surface area contributed by atoms with E-state index in [-0.39, 0.29) is 31.0 Å². The molecule has 1 aromatic carbocycles. The van der Waals surface area contributed by atoms with Crippen molar-refractivity contribution in [3.8, 4) is 0 Å². The summed E-state index contributed by atoms with van der Waals surface area (Å²) in [6.07, 6.45) is 5.38. The first-order valence-corrected chi connectivity index (χ1v) is 10.2. The molecule has 1 aromatic rings. The standard InChI is InChI=1S/C23H32N2O5/c1-3-21(26)24-14-8-10-16-29-18-20(19-12-6-5-7-13-19)23(28)30-17-11-9-15-25-22(27)4-2/h3-7,12-13,20H,1-2,8-11,14-18H2,(H,24,26)(H,25,27). The Kier molecular flexibility index (Phi) is 13.3. The number of rotatable bonds is 16. The lowest BCUT2D eigenvalue weighted by Gasteiger charge is -2.17. The van der Waals surface area contributed by atoms with Crippen molar-refractivity contribution in [2.75, 3.05) is 32.9 Å². The van der Waals surface area contributed by atoms with Crippen LogP contribution in [0.3, 0.4) is 0 Å². The molecule has 0 radical (unpaired) electrons. The lowest BCUT2D eigenvalue weighted by Crippen LogP contribution is -2.24. The highest BCUT2D eigenvalue weighted by Crippen LogP contribution is 2.18. The van der Waals surface area contributed by atoms with Gasteiger partial charge in [0.15, 0.2) is 0 Å². The second kappa shape index (κ2) is 15.9. The van der Waals surface area contributed by atoms with Gasteiger partial charge in [0.1, 0.15) is 5.92 Å². The van der Waals surface area contributed by atoms with Gasteiger partial charge >= 0.3 is 5.97 Å². The average Bonchev–Trinajstić information content (AvgIpc) is 2.77. The Morgan fingerprint density at radius 3 is 2.00 bits per heavy atom. The largest absolute Gasteiger partial charge is 0.465 e. The van der Waals surface area contributed by atoms with Crippen molar-refractivity contribution < 1.29 is 23.9 Å². The zero-order chi connectivity index (χ0) is 22.0. The number of carbonyl (C=O) groups excluding carboxylic acids is 3. The molecule has 0 aliphatic carbocycles. The van der Waals surface area contributed by atoms with E-state index in [9.17, 15) is 14.4 Å². The number of unbranched alkanes of at least 4 members (excludes halogenated alkanes) is 2. The van der Waals surface area contributed by atoms with Crippen LogP contribution in [0.25, 0.3) is 0 Å². The van der Waals surface area contributed by atoms with Gasteiger partial charge in [0.25, 0.3) is 0 Å². The predicted octanol–water partition coefficient (Wildman–Crippen LogP) is 2.49. The van der Waals surface area contributed by atoms with Crippen molar-refractivity contribution in [3.05, 3.63) is 61.2 Å². The van der Waals surface area contributed by atoms with Crippen LogP contribution < -0.4 is 10.6 Å². The van der Waals surface area contributed by atoms with Gasteiger partial charge in [-0.2, -0.15) is 0 Å². The smallest absolute Gasteiger partial charge is 0.315 e. The fourth-order valence-electron chi connectivity index (χ4n) is 2.58. The fourth-order valence-corrected chi connectivity index (χ4v) is 2.58. The van der Waals surface area contributed by atoms with Crippen LogP contribution in [0, 0.1) is 0 Å². The van der Waals surface area contributed by atoms with Crippen LogP contribution in [0.5, 0.6) is 0 Å². The molecule has 1 rings (SSSR count). The lowest BCUT2D eigenvalue weighted by molar-refractivity contribution is -0.147. The van der Waals surface area contributed by atoms with Crippen LogP contribution in [-0.4, -0.2) is 50.7 Å². The van der Waals surface area contributed by atoms with Crippen LogP contribution in [0.2, 0.25) is 0 Å². The Morgan fingerprint density at radius 1 is 0.867 bits per heavy atom. The van der Waals surface area contributed by atoms with Crippen molar-refractivity contribution in [2.24, 2.45) is 0 Å². The Bertz CT molecular complexity index is 675. The molecule has 30 heavy (non-hydrogen) atoms. The van der Waals surface area contributed by atoms with E-state index in [1.165, 1.54) is 12.2 Å². The fraction of sp³-hybridized carbons (Fsp3) is 0.435. The molecule has 7 nitrogen and oxygen atoms in total. The molecular weight excluding hydrogens is 384 g/mol. The summed E-state index contributed by atoms with van der Waals surface area (Å²) < 4.78 is 11.1. The molecule has 0 bridgehead atoms. The summed E-state index contributed by atoms with van der Waals surface area (Å²) in [6, 6.07) is 9.40. The van der Waals surface area contributed by atoms with Gasteiger partial charge in [0.05, 0.1) is 13.2 Å². The summed E-state index contributed by atoms with van der Waals surface area (Å²) in [6.45, 7) is 8.87. The molecule has 0 saturated carbocycles. The minimum Gasteiger partial charge on any atom is -0.465 e. The maximum Gasteiger partial charge on any atom is 0.315 e. The third kappa shape index (κ3) is 11.2. The Hall–Kier alpha value is -2.93. The van der Waals surface area contributed by atoms with Crippen LogP contribution in [0.4, 0.5) is 0 Å². The number of carbonyl (C=O) groups is 3. The van der Waals surface area contributed by atoms with Gasteiger partial charge in [-0.25, -0.2) is 0 Å². The van der Waals surface area contributed by atoms with Gasteiger partial charge < -0.3 is 20.1 Å². The normalized spacial score (nSPS) is 11.2. The second-order valence-corrected chi connectivity index (χ2v) is 6.61. The molecule has 1 unspecified atom stereocenters. The Labute approximate surface area is 178 Å². The van der Waals surface area contributed by atoms with E-state index in [0.29, 0.717) is 32.5 Å². The molecule has 1 atom stereocenters. The quantitative estimate of drug-likeness (QED) is 0.245. The number of esters is 1. The van der Waals surface area contributed by atoms with Gasteiger partial charge in [-0.3, -0.25) is 14.4 Å². The van der Waals surface area contributed by atoms with Gasteiger partial charge in [-0.05, 0) is 43.4 Å². The van der Waals surface area contributed by atoms with E-state index in [1.807, 2.05) is 30.3 Å². The summed E-state index contributed by atoms with van der Waals surface area (Å²) >= 11 is 0. The van der Waals surface area contributed by atoms with Crippen molar-refractivity contribution in [3.63, 3.8) is 0 Å². The number of hydrogen-bond donors (Lipinski definition) is 2. The molecule has 0 aliphatic heterocycles. The van der Waals surface area contributed by atoms with E-state index in [0.717, 1.165) is 18.4 Å². The second-order valence-electron chi connectivity index (χ2n) is 6.61. The predicted molar refractivity (Wildman–Crippen MR) is 116 cm³/mol. The maximum atomic E-state index is 12.6. The molecule has 2 amide bonds. The third-order valence-electron chi connectivity index (χ3n) is 4.27. The van der Waals surface area contributed by atoms with Gasteiger partial charge in [-0.1, -0.05) is 43.5 Å². The molecule has 2 N–H and O–H groups in total. The van der Waals surface area contributed by atoms with Crippen LogP contribution in [-0.2, 0) is 23.9 Å². The van der Waals surface area contributed by atoms with E-state index in [4.69, 9.17) is 9.47 Å². The number of amides is 2. The number of ether oxygens (including phenoxy) is 2.